The van der Waals surface area contributed by atoms with E-state index in [0.29, 0.717) is 24.6 Å². The molecule has 2 N–H and O–H groups in total. The lowest BCUT2D eigenvalue weighted by Crippen LogP contribution is -2.32. The van der Waals surface area contributed by atoms with Crippen LogP contribution in [0.3, 0.4) is 0 Å². The summed E-state index contributed by atoms with van der Waals surface area (Å²) in [5.41, 5.74) is 6.25. The molecule has 0 fully saturated rings. The van der Waals surface area contributed by atoms with E-state index < -0.39 is 0 Å². The van der Waals surface area contributed by atoms with Crippen LogP contribution in [0.4, 0.5) is 5.69 Å². The summed E-state index contributed by atoms with van der Waals surface area (Å²) >= 11 is 0. The Balaban J connectivity index is 2.34. The van der Waals surface area contributed by atoms with Crippen LogP contribution in [0.15, 0.2) is 24.3 Å². The summed E-state index contributed by atoms with van der Waals surface area (Å²) in [6.45, 7) is 1.29. The molecule has 0 atom stereocenters. The van der Waals surface area contributed by atoms with Crippen molar-refractivity contribution in [3.63, 3.8) is 0 Å². The molecule has 0 aliphatic heterocycles. The van der Waals surface area contributed by atoms with E-state index in [-0.39, 0.29) is 12.5 Å². The molecule has 0 aromatic heterocycles. The third-order valence-electron chi connectivity index (χ3n) is 2.54. The zero-order valence-corrected chi connectivity index (χ0v) is 10.9. The molecular weight excluding hydrogens is 232 g/mol. The van der Waals surface area contributed by atoms with Crippen molar-refractivity contribution in [2.75, 3.05) is 39.6 Å². The number of nitrogen functional groups attached to an aromatic ring is 1. The number of rotatable bonds is 7. The fourth-order valence-electron chi connectivity index (χ4n) is 1.43. The molecular formula is C13H20N2O3. The van der Waals surface area contributed by atoms with Gasteiger partial charge in [0.2, 0.25) is 0 Å². The molecule has 5 heteroatoms. The SMILES string of the molecule is COCCCN(C)C(=O)COc1ccccc1N. The van der Waals surface area contributed by atoms with Gasteiger partial charge in [0.15, 0.2) is 6.61 Å². The first kappa shape index (κ1) is 14.3. The summed E-state index contributed by atoms with van der Waals surface area (Å²) in [4.78, 5) is 13.4. The first-order chi connectivity index (χ1) is 8.65. The van der Waals surface area contributed by atoms with E-state index in [2.05, 4.69) is 0 Å². The van der Waals surface area contributed by atoms with Crippen molar-refractivity contribution in [3.8, 4) is 5.75 Å². The Bertz CT molecular complexity index is 382. The summed E-state index contributed by atoms with van der Waals surface area (Å²) in [7, 11) is 3.39. The number of likely N-dealkylation sites (N-methyl/N-ethyl adjacent to an activating group) is 1. The van der Waals surface area contributed by atoms with Crippen molar-refractivity contribution >= 4 is 11.6 Å². The number of methoxy groups -OCH3 is 1. The average Bonchev–Trinajstić information content (AvgIpc) is 2.37. The van der Waals surface area contributed by atoms with Gasteiger partial charge in [-0.3, -0.25) is 4.79 Å². The van der Waals surface area contributed by atoms with Crippen LogP contribution in [0.5, 0.6) is 5.75 Å². The number of carbonyl (C=O) groups excluding carboxylic acids is 1. The second-order valence-corrected chi connectivity index (χ2v) is 3.99. The molecule has 0 aliphatic carbocycles. The number of nitrogens with zero attached hydrogens (tertiary/aromatic N) is 1. The average molecular weight is 252 g/mol. The molecule has 1 rings (SSSR count). The lowest BCUT2D eigenvalue weighted by atomic mass is 10.3. The zero-order valence-electron chi connectivity index (χ0n) is 10.9. The van der Waals surface area contributed by atoms with Crippen LogP contribution >= 0.6 is 0 Å². The van der Waals surface area contributed by atoms with Crippen LogP contribution in [-0.2, 0) is 9.53 Å². The van der Waals surface area contributed by atoms with Crippen molar-refractivity contribution < 1.29 is 14.3 Å². The summed E-state index contributed by atoms with van der Waals surface area (Å²) in [6.07, 6.45) is 0.812. The fourth-order valence-corrected chi connectivity index (χ4v) is 1.43. The lowest BCUT2D eigenvalue weighted by molar-refractivity contribution is -0.132. The van der Waals surface area contributed by atoms with Crippen LogP contribution < -0.4 is 10.5 Å². The van der Waals surface area contributed by atoms with Gasteiger partial charge in [0.05, 0.1) is 5.69 Å². The number of carbonyl (C=O) groups is 1. The van der Waals surface area contributed by atoms with Crippen LogP contribution in [0.1, 0.15) is 6.42 Å². The Hall–Kier alpha value is -1.75. The second-order valence-electron chi connectivity index (χ2n) is 3.99. The molecule has 0 unspecified atom stereocenters. The number of amides is 1. The Kier molecular flexibility index (Phi) is 6.00. The normalized spacial score (nSPS) is 10.1. The topological polar surface area (TPSA) is 64.8 Å². The van der Waals surface area contributed by atoms with Crippen LogP contribution in [0.2, 0.25) is 0 Å². The van der Waals surface area contributed by atoms with Gasteiger partial charge in [-0.15, -0.1) is 0 Å². The third kappa shape index (κ3) is 4.63. The van der Waals surface area contributed by atoms with Gasteiger partial charge in [0, 0.05) is 27.3 Å². The van der Waals surface area contributed by atoms with Crippen molar-refractivity contribution in [1.29, 1.82) is 0 Å². The van der Waals surface area contributed by atoms with Gasteiger partial charge in [-0.1, -0.05) is 12.1 Å². The van der Waals surface area contributed by atoms with E-state index in [9.17, 15) is 4.79 Å². The van der Waals surface area contributed by atoms with Crippen LogP contribution in [0, 0.1) is 0 Å². The van der Waals surface area contributed by atoms with Crippen molar-refractivity contribution in [2.45, 2.75) is 6.42 Å². The number of para-hydroxylation sites is 2. The van der Waals surface area contributed by atoms with E-state index in [1.54, 1.807) is 31.2 Å². The predicted molar refractivity (Wildman–Crippen MR) is 70.5 cm³/mol. The van der Waals surface area contributed by atoms with E-state index in [4.69, 9.17) is 15.2 Å². The predicted octanol–water partition coefficient (Wildman–Crippen LogP) is 1.14. The molecule has 1 amide bonds. The highest BCUT2D eigenvalue weighted by Gasteiger charge is 2.09. The molecule has 0 spiro atoms. The van der Waals surface area contributed by atoms with Gasteiger partial charge in [-0.2, -0.15) is 0 Å². The van der Waals surface area contributed by atoms with E-state index in [1.807, 2.05) is 12.1 Å². The van der Waals surface area contributed by atoms with Crippen LogP contribution in [0.25, 0.3) is 0 Å². The van der Waals surface area contributed by atoms with E-state index >= 15 is 0 Å². The van der Waals surface area contributed by atoms with Crippen molar-refractivity contribution in [3.05, 3.63) is 24.3 Å². The Morgan fingerprint density at radius 1 is 1.39 bits per heavy atom. The minimum Gasteiger partial charge on any atom is -0.482 e. The maximum atomic E-state index is 11.7. The van der Waals surface area contributed by atoms with Gasteiger partial charge in [0.1, 0.15) is 5.75 Å². The Labute approximate surface area is 107 Å². The number of hydrogen-bond donors (Lipinski definition) is 1. The first-order valence-corrected chi connectivity index (χ1v) is 5.85. The monoisotopic (exact) mass is 252 g/mol. The summed E-state index contributed by atoms with van der Waals surface area (Å²) in [5.74, 6) is 0.463. The van der Waals surface area contributed by atoms with Gasteiger partial charge >= 0.3 is 0 Å². The molecule has 0 heterocycles. The number of ether oxygens (including phenoxy) is 2. The van der Waals surface area contributed by atoms with E-state index in [0.717, 1.165) is 6.42 Å². The minimum atomic E-state index is -0.0747. The first-order valence-electron chi connectivity index (χ1n) is 5.85. The smallest absolute Gasteiger partial charge is 0.260 e. The highest BCUT2D eigenvalue weighted by Crippen LogP contribution is 2.19. The van der Waals surface area contributed by atoms with Gasteiger partial charge in [-0.05, 0) is 18.6 Å². The molecule has 0 saturated heterocycles. The number of anilines is 1. The summed E-state index contributed by atoms with van der Waals surface area (Å²) in [5, 5.41) is 0. The van der Waals surface area contributed by atoms with Crippen LogP contribution in [-0.4, -0.2) is 44.7 Å². The lowest BCUT2D eigenvalue weighted by Gasteiger charge is -2.17. The molecule has 1 aromatic carbocycles. The molecule has 100 valence electrons. The zero-order chi connectivity index (χ0) is 13.4. The van der Waals surface area contributed by atoms with Crippen molar-refractivity contribution in [1.82, 2.24) is 4.90 Å². The summed E-state index contributed by atoms with van der Waals surface area (Å²) in [6, 6.07) is 7.12. The molecule has 0 radical (unpaired) electrons. The maximum Gasteiger partial charge on any atom is 0.260 e. The van der Waals surface area contributed by atoms with Gasteiger partial charge < -0.3 is 20.1 Å². The Morgan fingerprint density at radius 2 is 2.11 bits per heavy atom. The quantitative estimate of drug-likeness (QED) is 0.584. The van der Waals surface area contributed by atoms with Crippen molar-refractivity contribution in [2.24, 2.45) is 0 Å². The highest BCUT2D eigenvalue weighted by molar-refractivity contribution is 5.77. The van der Waals surface area contributed by atoms with Gasteiger partial charge in [0.25, 0.3) is 5.91 Å². The maximum absolute atomic E-state index is 11.7. The largest absolute Gasteiger partial charge is 0.482 e. The number of benzene rings is 1. The molecule has 1 aromatic rings. The standard InChI is InChI=1S/C13H20N2O3/c1-15(8-5-9-17-2)13(16)10-18-12-7-4-3-6-11(12)14/h3-4,6-7H,5,8-10,14H2,1-2H3. The molecule has 18 heavy (non-hydrogen) atoms. The minimum absolute atomic E-state index is 0.00229. The molecule has 0 aliphatic rings. The number of nitrogens with two attached hydrogens (primary N) is 1. The number of hydrogen-bond acceptors (Lipinski definition) is 4. The second kappa shape index (κ2) is 7.55. The molecule has 5 nitrogen and oxygen atoms in total. The highest BCUT2D eigenvalue weighted by atomic mass is 16.5. The summed E-state index contributed by atoms with van der Waals surface area (Å²) < 4.78 is 10.3. The Morgan fingerprint density at radius 3 is 2.78 bits per heavy atom. The third-order valence-corrected chi connectivity index (χ3v) is 2.54. The fraction of sp³-hybridized carbons (Fsp3) is 0.462. The molecule has 0 bridgehead atoms. The molecule has 0 saturated carbocycles. The van der Waals surface area contributed by atoms with Gasteiger partial charge in [-0.25, -0.2) is 0 Å². The van der Waals surface area contributed by atoms with E-state index in [1.165, 1.54) is 0 Å².